The Labute approximate surface area is 92.1 Å². The number of aryl methyl sites for hydroxylation is 1. The molecular formula is C9H13N5O2. The molecule has 0 bridgehead atoms. The summed E-state index contributed by atoms with van der Waals surface area (Å²) in [6.45, 7) is 2.32. The molecule has 0 saturated carbocycles. The van der Waals surface area contributed by atoms with Crippen LogP contribution in [-0.4, -0.2) is 30.2 Å². The van der Waals surface area contributed by atoms with E-state index in [-0.39, 0.29) is 6.61 Å². The van der Waals surface area contributed by atoms with Crippen LogP contribution in [0.2, 0.25) is 0 Å². The maximum absolute atomic E-state index is 8.82. The molecule has 0 radical (unpaired) electrons. The number of hydrogen-bond acceptors (Lipinski definition) is 6. The first-order chi connectivity index (χ1) is 7.81. The van der Waals surface area contributed by atoms with Gasteiger partial charge in [-0.15, -0.1) is 5.10 Å². The van der Waals surface area contributed by atoms with Gasteiger partial charge in [0.05, 0.1) is 12.8 Å². The molecule has 0 aliphatic heterocycles. The number of aromatic nitrogens is 5. The lowest BCUT2D eigenvalue weighted by atomic mass is 10.3. The van der Waals surface area contributed by atoms with Gasteiger partial charge < -0.3 is 9.63 Å². The van der Waals surface area contributed by atoms with Crippen LogP contribution in [0, 0.1) is 0 Å². The first-order valence-electron chi connectivity index (χ1n) is 5.13. The third kappa shape index (κ3) is 2.43. The van der Waals surface area contributed by atoms with Gasteiger partial charge in [0.15, 0.2) is 5.82 Å². The zero-order valence-corrected chi connectivity index (χ0v) is 9.00. The lowest BCUT2D eigenvalue weighted by Gasteiger charge is -1.91. The molecule has 0 saturated heterocycles. The van der Waals surface area contributed by atoms with Gasteiger partial charge in [-0.05, 0) is 6.42 Å². The van der Waals surface area contributed by atoms with E-state index in [0.717, 1.165) is 12.8 Å². The van der Waals surface area contributed by atoms with E-state index in [2.05, 4.69) is 27.4 Å². The molecule has 1 N–H and O–H groups in total. The smallest absolute Gasteiger partial charge is 0.248 e. The number of hydrogen-bond donors (Lipinski definition) is 1. The first-order valence-corrected chi connectivity index (χ1v) is 5.13. The highest BCUT2D eigenvalue weighted by Crippen LogP contribution is 2.02. The molecule has 0 amide bonds. The summed E-state index contributed by atoms with van der Waals surface area (Å²) in [4.78, 5) is 4.20. The van der Waals surface area contributed by atoms with Crippen molar-refractivity contribution in [1.29, 1.82) is 0 Å². The molecule has 2 heterocycles. The minimum Gasteiger partial charge on any atom is -0.390 e. The fourth-order valence-corrected chi connectivity index (χ4v) is 1.31. The van der Waals surface area contributed by atoms with Crippen LogP contribution in [0.15, 0.2) is 10.7 Å². The average Bonchev–Trinajstić information content (AvgIpc) is 2.89. The summed E-state index contributed by atoms with van der Waals surface area (Å²) in [6, 6.07) is 0. The van der Waals surface area contributed by atoms with E-state index in [1.165, 1.54) is 0 Å². The van der Waals surface area contributed by atoms with Crippen LogP contribution in [0.25, 0.3) is 0 Å². The van der Waals surface area contributed by atoms with Crippen LogP contribution in [0.4, 0.5) is 0 Å². The molecule has 0 unspecified atom stereocenters. The molecule has 2 aromatic rings. The van der Waals surface area contributed by atoms with E-state index in [1.54, 1.807) is 10.9 Å². The van der Waals surface area contributed by atoms with Gasteiger partial charge in [-0.3, -0.25) is 0 Å². The van der Waals surface area contributed by atoms with Crippen molar-refractivity contribution in [3.63, 3.8) is 0 Å². The molecule has 7 heteroatoms. The lowest BCUT2D eigenvalue weighted by molar-refractivity contribution is 0.276. The van der Waals surface area contributed by atoms with Gasteiger partial charge in [-0.25, -0.2) is 4.68 Å². The van der Waals surface area contributed by atoms with Gasteiger partial charge in [0.2, 0.25) is 5.89 Å². The van der Waals surface area contributed by atoms with E-state index < -0.39 is 0 Å². The Hall–Kier alpha value is -1.76. The Balaban J connectivity index is 2.02. The summed E-state index contributed by atoms with van der Waals surface area (Å²) >= 11 is 0. The minimum atomic E-state index is -0.120. The van der Waals surface area contributed by atoms with Crippen molar-refractivity contribution in [2.24, 2.45) is 0 Å². The molecule has 0 aliphatic rings. The third-order valence-electron chi connectivity index (χ3n) is 2.03. The van der Waals surface area contributed by atoms with Crippen molar-refractivity contribution in [2.45, 2.75) is 32.9 Å². The number of aliphatic hydroxyl groups excluding tert-OH is 1. The SMILES string of the molecule is CCCc1noc(Cn2cc(CO)nn2)n1. The molecule has 0 aliphatic carbocycles. The number of aliphatic hydroxyl groups is 1. The lowest BCUT2D eigenvalue weighted by Crippen LogP contribution is -2.01. The van der Waals surface area contributed by atoms with Crippen molar-refractivity contribution in [1.82, 2.24) is 25.1 Å². The number of rotatable bonds is 5. The molecule has 86 valence electrons. The van der Waals surface area contributed by atoms with Gasteiger partial charge in [-0.1, -0.05) is 17.3 Å². The highest BCUT2D eigenvalue weighted by Gasteiger charge is 2.07. The Morgan fingerprint density at radius 3 is 3.06 bits per heavy atom. The van der Waals surface area contributed by atoms with Crippen molar-refractivity contribution >= 4 is 0 Å². The fourth-order valence-electron chi connectivity index (χ4n) is 1.31. The average molecular weight is 223 g/mol. The summed E-state index contributed by atoms with van der Waals surface area (Å²) in [6.07, 6.45) is 3.43. The van der Waals surface area contributed by atoms with E-state index >= 15 is 0 Å². The summed E-state index contributed by atoms with van der Waals surface area (Å²) in [5.74, 6) is 1.21. The van der Waals surface area contributed by atoms with Crippen LogP contribution in [0.1, 0.15) is 30.8 Å². The predicted molar refractivity (Wildman–Crippen MR) is 53.3 cm³/mol. The molecule has 7 nitrogen and oxygen atoms in total. The Morgan fingerprint density at radius 2 is 2.38 bits per heavy atom. The van der Waals surface area contributed by atoms with E-state index in [9.17, 15) is 0 Å². The van der Waals surface area contributed by atoms with Crippen molar-refractivity contribution in [3.05, 3.63) is 23.6 Å². The normalized spacial score (nSPS) is 10.9. The summed E-state index contributed by atoms with van der Waals surface area (Å²) in [5.41, 5.74) is 0.522. The van der Waals surface area contributed by atoms with Gasteiger partial charge in [0.25, 0.3) is 0 Å². The second-order valence-corrected chi connectivity index (χ2v) is 3.42. The Bertz CT molecular complexity index is 450. The standard InChI is InChI=1S/C9H13N5O2/c1-2-3-8-10-9(16-12-8)5-14-4-7(6-15)11-13-14/h4,15H,2-3,5-6H2,1H3. The molecule has 0 fully saturated rings. The summed E-state index contributed by atoms with van der Waals surface area (Å²) < 4.78 is 6.60. The second-order valence-electron chi connectivity index (χ2n) is 3.42. The van der Waals surface area contributed by atoms with E-state index in [4.69, 9.17) is 9.63 Å². The zero-order valence-electron chi connectivity index (χ0n) is 9.00. The highest BCUT2D eigenvalue weighted by molar-refractivity contribution is 4.92. The van der Waals surface area contributed by atoms with Crippen molar-refractivity contribution < 1.29 is 9.63 Å². The van der Waals surface area contributed by atoms with Crippen LogP contribution in [0.3, 0.4) is 0 Å². The second kappa shape index (κ2) is 4.84. The van der Waals surface area contributed by atoms with Gasteiger partial charge in [-0.2, -0.15) is 4.98 Å². The Kier molecular flexibility index (Phi) is 3.25. The third-order valence-corrected chi connectivity index (χ3v) is 2.03. The molecule has 2 aromatic heterocycles. The van der Waals surface area contributed by atoms with Crippen LogP contribution in [-0.2, 0) is 19.6 Å². The predicted octanol–water partition coefficient (Wildman–Crippen LogP) is 0.154. The highest BCUT2D eigenvalue weighted by atomic mass is 16.5. The summed E-state index contributed by atoms with van der Waals surface area (Å²) in [5, 5.41) is 20.2. The maximum Gasteiger partial charge on any atom is 0.248 e. The minimum absolute atomic E-state index is 0.120. The number of nitrogens with zero attached hydrogens (tertiary/aromatic N) is 5. The largest absolute Gasteiger partial charge is 0.390 e. The quantitative estimate of drug-likeness (QED) is 0.776. The molecule has 0 atom stereocenters. The molecular weight excluding hydrogens is 210 g/mol. The summed E-state index contributed by atoms with van der Waals surface area (Å²) in [7, 11) is 0. The molecule has 0 spiro atoms. The fraction of sp³-hybridized carbons (Fsp3) is 0.556. The van der Waals surface area contributed by atoms with Crippen molar-refractivity contribution in [3.8, 4) is 0 Å². The first kappa shape index (κ1) is 10.7. The topological polar surface area (TPSA) is 89.9 Å². The molecule has 2 rings (SSSR count). The van der Waals surface area contributed by atoms with Gasteiger partial charge >= 0.3 is 0 Å². The van der Waals surface area contributed by atoms with E-state index in [1.807, 2.05) is 0 Å². The zero-order chi connectivity index (χ0) is 11.4. The van der Waals surface area contributed by atoms with Crippen LogP contribution in [0.5, 0.6) is 0 Å². The maximum atomic E-state index is 8.82. The van der Waals surface area contributed by atoms with E-state index in [0.29, 0.717) is 24.0 Å². The van der Waals surface area contributed by atoms with Crippen molar-refractivity contribution in [2.75, 3.05) is 0 Å². The van der Waals surface area contributed by atoms with Crippen LogP contribution >= 0.6 is 0 Å². The van der Waals surface area contributed by atoms with Gasteiger partial charge in [0, 0.05) is 6.42 Å². The Morgan fingerprint density at radius 1 is 1.50 bits per heavy atom. The molecule has 0 aromatic carbocycles. The molecule has 16 heavy (non-hydrogen) atoms. The van der Waals surface area contributed by atoms with Gasteiger partial charge in [0.1, 0.15) is 12.2 Å². The van der Waals surface area contributed by atoms with Crippen LogP contribution < -0.4 is 0 Å². The monoisotopic (exact) mass is 223 g/mol.